The topological polar surface area (TPSA) is 92.0 Å². The van der Waals surface area contributed by atoms with Gasteiger partial charge in [0.2, 0.25) is 0 Å². The molecule has 4 N–H and O–H groups in total. The van der Waals surface area contributed by atoms with Crippen molar-refractivity contribution in [3.05, 3.63) is 77.8 Å². The van der Waals surface area contributed by atoms with Gasteiger partial charge in [0.1, 0.15) is 12.1 Å². The zero-order valence-corrected chi connectivity index (χ0v) is 22.0. The van der Waals surface area contributed by atoms with Crippen LogP contribution >= 0.6 is 0 Å². The van der Waals surface area contributed by atoms with Crippen molar-refractivity contribution in [2.45, 2.75) is 33.6 Å². The Bertz CT molecular complexity index is 907. The highest BCUT2D eigenvalue weighted by atomic mass is 19.1. The van der Waals surface area contributed by atoms with Gasteiger partial charge in [0.25, 0.3) is 0 Å². The number of rotatable bonds is 14. The fourth-order valence-electron chi connectivity index (χ4n) is 2.98. The first-order chi connectivity index (χ1) is 16.7. The maximum atomic E-state index is 14.5. The Hall–Kier alpha value is -3.39. The SMILES string of the molecule is C=C/C(=C\N(CC)CC(C)C)NC(=C)/N=C\C(=C/N)CCc1cc(C=O)cc(OC)c1F.CNC. The first kappa shape index (κ1) is 31.6. The molecule has 0 spiro atoms. The average molecular weight is 488 g/mol. The lowest BCUT2D eigenvalue weighted by molar-refractivity contribution is 0.112. The molecule has 0 saturated carbocycles. The maximum Gasteiger partial charge on any atom is 0.168 e. The molecule has 1 aromatic rings. The Morgan fingerprint density at radius 1 is 1.34 bits per heavy atom. The second-order valence-corrected chi connectivity index (χ2v) is 8.16. The van der Waals surface area contributed by atoms with Gasteiger partial charge in [-0.05, 0) is 75.3 Å². The van der Waals surface area contributed by atoms with E-state index in [-0.39, 0.29) is 5.75 Å². The number of methoxy groups -OCH3 is 1. The lowest BCUT2D eigenvalue weighted by Crippen LogP contribution is -2.24. The van der Waals surface area contributed by atoms with E-state index in [0.717, 1.165) is 18.8 Å². The van der Waals surface area contributed by atoms with Crippen LogP contribution in [0.2, 0.25) is 0 Å². The number of carbonyl (C=O) groups excluding carboxylic acids is 1. The van der Waals surface area contributed by atoms with E-state index in [1.54, 1.807) is 12.3 Å². The van der Waals surface area contributed by atoms with Crippen molar-refractivity contribution in [1.29, 1.82) is 0 Å². The number of nitrogens with two attached hydrogens (primary N) is 1. The van der Waals surface area contributed by atoms with Gasteiger partial charge < -0.3 is 26.0 Å². The van der Waals surface area contributed by atoms with Crippen molar-refractivity contribution in [3.8, 4) is 5.75 Å². The van der Waals surface area contributed by atoms with Crippen LogP contribution in [0.25, 0.3) is 0 Å². The highest BCUT2D eigenvalue weighted by molar-refractivity contribution is 5.79. The van der Waals surface area contributed by atoms with Gasteiger partial charge in [-0.15, -0.1) is 0 Å². The summed E-state index contributed by atoms with van der Waals surface area (Å²) in [4.78, 5) is 17.6. The van der Waals surface area contributed by atoms with Gasteiger partial charge in [0, 0.05) is 31.1 Å². The van der Waals surface area contributed by atoms with E-state index in [4.69, 9.17) is 10.5 Å². The quantitative estimate of drug-likeness (QED) is 0.205. The van der Waals surface area contributed by atoms with Gasteiger partial charge in [-0.25, -0.2) is 9.38 Å². The summed E-state index contributed by atoms with van der Waals surface area (Å²) in [6.07, 6.45) is 8.12. The number of aryl methyl sites for hydroxylation is 1. The minimum Gasteiger partial charge on any atom is -0.494 e. The monoisotopic (exact) mass is 487 g/mol. The van der Waals surface area contributed by atoms with E-state index in [2.05, 4.69) is 54.5 Å². The van der Waals surface area contributed by atoms with Crippen LogP contribution < -0.4 is 21.1 Å². The number of hydrogen-bond donors (Lipinski definition) is 3. The fraction of sp³-hybridized carbons (Fsp3) is 0.407. The van der Waals surface area contributed by atoms with Crippen LogP contribution in [-0.2, 0) is 6.42 Å². The molecule has 0 bridgehead atoms. The molecule has 0 unspecified atom stereocenters. The van der Waals surface area contributed by atoms with E-state index in [1.807, 2.05) is 20.3 Å². The van der Waals surface area contributed by atoms with E-state index in [0.29, 0.717) is 47.6 Å². The van der Waals surface area contributed by atoms with Gasteiger partial charge >= 0.3 is 0 Å². The minimum absolute atomic E-state index is 0.0384. The third-order valence-corrected chi connectivity index (χ3v) is 4.61. The molecule has 0 amide bonds. The Morgan fingerprint density at radius 2 is 2.00 bits per heavy atom. The zero-order chi connectivity index (χ0) is 26.8. The third kappa shape index (κ3) is 12.6. The number of aliphatic imine (C=N–C) groups is 1. The number of halogens is 1. The minimum atomic E-state index is -0.486. The Kier molecular flexibility index (Phi) is 16.3. The smallest absolute Gasteiger partial charge is 0.168 e. The average Bonchev–Trinajstić information content (AvgIpc) is 2.84. The molecule has 1 rings (SSSR count). The molecule has 8 heteroatoms. The fourth-order valence-corrected chi connectivity index (χ4v) is 2.98. The summed E-state index contributed by atoms with van der Waals surface area (Å²) in [5, 5.41) is 5.87. The Morgan fingerprint density at radius 3 is 2.49 bits per heavy atom. The van der Waals surface area contributed by atoms with Crippen molar-refractivity contribution in [3.63, 3.8) is 0 Å². The molecule has 194 valence electrons. The number of carbonyl (C=O) groups is 1. The van der Waals surface area contributed by atoms with Gasteiger partial charge in [0.05, 0.1) is 12.8 Å². The summed E-state index contributed by atoms with van der Waals surface area (Å²) in [5.41, 5.74) is 7.92. The second kappa shape index (κ2) is 18.0. The van der Waals surface area contributed by atoms with Gasteiger partial charge in [-0.3, -0.25) is 4.79 Å². The highest BCUT2D eigenvalue weighted by Gasteiger charge is 2.12. The number of nitrogens with zero attached hydrogens (tertiary/aromatic N) is 2. The summed E-state index contributed by atoms with van der Waals surface area (Å²) in [7, 11) is 5.11. The van der Waals surface area contributed by atoms with Crippen molar-refractivity contribution in [1.82, 2.24) is 15.5 Å². The Labute approximate surface area is 210 Å². The summed E-state index contributed by atoms with van der Waals surface area (Å²) < 4.78 is 19.5. The van der Waals surface area contributed by atoms with Gasteiger partial charge in [-0.1, -0.05) is 27.0 Å². The first-order valence-electron chi connectivity index (χ1n) is 11.6. The van der Waals surface area contributed by atoms with Crippen LogP contribution in [0.5, 0.6) is 5.75 Å². The summed E-state index contributed by atoms with van der Waals surface area (Å²) >= 11 is 0. The summed E-state index contributed by atoms with van der Waals surface area (Å²) in [6, 6.07) is 2.88. The summed E-state index contributed by atoms with van der Waals surface area (Å²) in [6.45, 7) is 16.0. The van der Waals surface area contributed by atoms with E-state index in [1.165, 1.54) is 25.4 Å². The van der Waals surface area contributed by atoms with Gasteiger partial charge in [0.15, 0.2) is 11.6 Å². The van der Waals surface area contributed by atoms with E-state index in [9.17, 15) is 9.18 Å². The van der Waals surface area contributed by atoms with Crippen molar-refractivity contribution >= 4 is 12.5 Å². The van der Waals surface area contributed by atoms with Crippen LogP contribution in [0, 0.1) is 11.7 Å². The number of hydrogen-bond acceptors (Lipinski definition) is 7. The number of aldehydes is 1. The van der Waals surface area contributed by atoms with Crippen LogP contribution in [0.3, 0.4) is 0 Å². The molecule has 35 heavy (non-hydrogen) atoms. The highest BCUT2D eigenvalue weighted by Crippen LogP contribution is 2.24. The van der Waals surface area contributed by atoms with Crippen LogP contribution in [0.15, 0.2) is 65.9 Å². The zero-order valence-electron chi connectivity index (χ0n) is 22.0. The predicted octanol–water partition coefficient (Wildman–Crippen LogP) is 4.39. The predicted molar refractivity (Wildman–Crippen MR) is 145 cm³/mol. The normalized spacial score (nSPS) is 11.7. The number of allylic oxidation sites excluding steroid dienone is 2. The van der Waals surface area contributed by atoms with E-state index >= 15 is 0 Å². The Balaban J connectivity index is 0.00000365. The lowest BCUT2D eigenvalue weighted by atomic mass is 10.0. The molecule has 0 heterocycles. The number of nitrogens with one attached hydrogen (secondary N) is 2. The molecule has 0 radical (unpaired) electrons. The third-order valence-electron chi connectivity index (χ3n) is 4.61. The molecule has 7 nitrogen and oxygen atoms in total. The van der Waals surface area contributed by atoms with E-state index < -0.39 is 5.82 Å². The molecule has 0 fully saturated rings. The van der Waals surface area contributed by atoms with Crippen molar-refractivity contribution < 1.29 is 13.9 Å². The molecule has 1 aromatic carbocycles. The molecule has 0 atom stereocenters. The second-order valence-electron chi connectivity index (χ2n) is 8.16. The molecule has 0 aromatic heterocycles. The van der Waals surface area contributed by atoms with Crippen LogP contribution in [0.4, 0.5) is 4.39 Å². The number of benzene rings is 1. The standard InChI is InChI=1S/C25H35FN4O2.C2H7N/c1-7-23(16-30(8-2)15-18(3)4)29-19(5)28-14-20(13-27)9-10-22-11-21(17-31)12-24(32-6)25(22)26;1-3-2/h7,11-14,16-18,29H,1,5,8-10,15,27H2,2-4,6H3;3H,1-2H3/b20-13-,23-16+,28-14-;. The van der Waals surface area contributed by atoms with Gasteiger partial charge in [-0.2, -0.15) is 0 Å². The first-order valence-corrected chi connectivity index (χ1v) is 11.6. The van der Waals surface area contributed by atoms with Crippen molar-refractivity contribution in [2.24, 2.45) is 16.6 Å². The maximum absolute atomic E-state index is 14.5. The molecule has 0 saturated heterocycles. The van der Waals surface area contributed by atoms with Crippen molar-refractivity contribution in [2.75, 3.05) is 34.3 Å². The molecule has 0 aliphatic carbocycles. The summed E-state index contributed by atoms with van der Waals surface area (Å²) in [5.74, 6) is 0.510. The van der Waals surface area contributed by atoms with Crippen LogP contribution in [0.1, 0.15) is 43.1 Å². The molecular formula is C27H42FN5O2. The molecule has 0 aliphatic rings. The largest absolute Gasteiger partial charge is 0.494 e. The lowest BCUT2D eigenvalue weighted by Gasteiger charge is -2.22. The molecule has 0 aliphatic heterocycles. The molecular weight excluding hydrogens is 445 g/mol. The van der Waals surface area contributed by atoms with Crippen LogP contribution in [-0.4, -0.2) is 51.7 Å². The number of ether oxygens (including phenoxy) is 1.